The summed E-state index contributed by atoms with van der Waals surface area (Å²) < 4.78 is 1.68. The van der Waals surface area contributed by atoms with Crippen LogP contribution >= 0.6 is 0 Å². The van der Waals surface area contributed by atoms with E-state index in [1.165, 1.54) is 11.1 Å². The van der Waals surface area contributed by atoms with Gasteiger partial charge in [0.05, 0.1) is 0 Å². The molecule has 0 aliphatic carbocycles. The van der Waals surface area contributed by atoms with Crippen molar-refractivity contribution in [3.8, 4) is 0 Å². The van der Waals surface area contributed by atoms with E-state index in [4.69, 9.17) is 5.73 Å². The Morgan fingerprint density at radius 2 is 1.89 bits per heavy atom. The van der Waals surface area contributed by atoms with Gasteiger partial charge < -0.3 is 10.3 Å². The fourth-order valence-electron chi connectivity index (χ4n) is 2.35. The minimum absolute atomic E-state index is 0.0303. The van der Waals surface area contributed by atoms with E-state index in [1.54, 1.807) is 10.8 Å². The molecular weight excluding hydrogens is 236 g/mol. The van der Waals surface area contributed by atoms with Crippen LogP contribution in [-0.2, 0) is 6.54 Å². The maximum absolute atomic E-state index is 12.0. The van der Waals surface area contributed by atoms with Gasteiger partial charge in [-0.05, 0) is 38.0 Å². The smallest absolute Gasteiger partial charge is 0.253 e. The van der Waals surface area contributed by atoms with Crippen LogP contribution in [0.4, 0.5) is 0 Å². The average Bonchev–Trinajstić information content (AvgIpc) is 2.34. The molecule has 19 heavy (non-hydrogen) atoms. The van der Waals surface area contributed by atoms with E-state index in [-0.39, 0.29) is 11.6 Å². The number of nitrogens with zero attached hydrogens (tertiary/aromatic N) is 1. The monoisotopic (exact) mass is 256 g/mol. The fraction of sp³-hybridized carbons (Fsp3) is 0.312. The van der Waals surface area contributed by atoms with E-state index in [1.807, 2.05) is 19.1 Å². The highest BCUT2D eigenvalue weighted by Crippen LogP contribution is 2.18. The lowest BCUT2D eigenvalue weighted by Crippen LogP contribution is -2.27. The highest BCUT2D eigenvalue weighted by Gasteiger charge is 2.10. The van der Waals surface area contributed by atoms with Crippen molar-refractivity contribution in [3.05, 3.63) is 69.1 Å². The van der Waals surface area contributed by atoms with Gasteiger partial charge in [-0.2, -0.15) is 0 Å². The zero-order valence-corrected chi connectivity index (χ0v) is 11.7. The van der Waals surface area contributed by atoms with Gasteiger partial charge in [0.15, 0.2) is 0 Å². The van der Waals surface area contributed by atoms with Crippen molar-refractivity contribution in [2.24, 2.45) is 5.73 Å². The van der Waals surface area contributed by atoms with Crippen LogP contribution in [0.3, 0.4) is 0 Å². The molecule has 3 heteroatoms. The van der Waals surface area contributed by atoms with E-state index < -0.39 is 0 Å². The molecule has 1 atom stereocenters. The lowest BCUT2D eigenvalue weighted by atomic mass is 9.99. The summed E-state index contributed by atoms with van der Waals surface area (Å²) in [6, 6.07) is 9.76. The maximum Gasteiger partial charge on any atom is 0.253 e. The van der Waals surface area contributed by atoms with Crippen LogP contribution in [0.1, 0.15) is 28.3 Å². The Kier molecular flexibility index (Phi) is 3.86. The normalized spacial score (nSPS) is 12.4. The van der Waals surface area contributed by atoms with Gasteiger partial charge in [0.25, 0.3) is 5.56 Å². The number of aromatic nitrogens is 1. The second kappa shape index (κ2) is 5.41. The van der Waals surface area contributed by atoms with Crippen LogP contribution in [0.25, 0.3) is 0 Å². The Bertz CT molecular complexity index is 643. The predicted octanol–water partition coefficient (Wildman–Crippen LogP) is 2.47. The molecule has 0 aliphatic rings. The molecule has 0 saturated heterocycles. The first-order valence-corrected chi connectivity index (χ1v) is 6.48. The molecule has 100 valence electrons. The summed E-state index contributed by atoms with van der Waals surface area (Å²) in [5, 5.41) is 0. The Morgan fingerprint density at radius 3 is 2.58 bits per heavy atom. The lowest BCUT2D eigenvalue weighted by molar-refractivity contribution is 0.558. The number of rotatable bonds is 3. The Labute approximate surface area is 113 Å². The first-order valence-electron chi connectivity index (χ1n) is 6.48. The van der Waals surface area contributed by atoms with Crippen molar-refractivity contribution >= 4 is 0 Å². The van der Waals surface area contributed by atoms with Gasteiger partial charge in [-0.3, -0.25) is 4.79 Å². The highest BCUT2D eigenvalue weighted by atomic mass is 16.1. The Morgan fingerprint density at radius 1 is 1.16 bits per heavy atom. The van der Waals surface area contributed by atoms with Crippen LogP contribution in [-0.4, -0.2) is 4.57 Å². The number of hydrogen-bond acceptors (Lipinski definition) is 2. The Hall–Kier alpha value is -1.87. The summed E-state index contributed by atoms with van der Waals surface area (Å²) in [5.41, 5.74) is 10.5. The third-order valence-corrected chi connectivity index (χ3v) is 3.43. The minimum Gasteiger partial charge on any atom is -0.322 e. The molecule has 2 N–H and O–H groups in total. The molecule has 0 aliphatic heterocycles. The molecule has 1 heterocycles. The van der Waals surface area contributed by atoms with Crippen molar-refractivity contribution in [3.63, 3.8) is 0 Å². The van der Waals surface area contributed by atoms with Crippen LogP contribution in [0.5, 0.6) is 0 Å². The number of hydrogen-bond donors (Lipinski definition) is 1. The van der Waals surface area contributed by atoms with Crippen molar-refractivity contribution in [2.45, 2.75) is 33.4 Å². The molecule has 3 nitrogen and oxygen atoms in total. The third kappa shape index (κ3) is 2.93. The summed E-state index contributed by atoms with van der Waals surface area (Å²) in [6.45, 7) is 6.44. The van der Waals surface area contributed by atoms with Crippen molar-refractivity contribution in [1.29, 1.82) is 0 Å². The average molecular weight is 256 g/mol. The summed E-state index contributed by atoms with van der Waals surface area (Å²) in [5.74, 6) is 0. The molecule has 0 fully saturated rings. The van der Waals surface area contributed by atoms with Crippen LogP contribution in [0.2, 0.25) is 0 Å². The van der Waals surface area contributed by atoms with Gasteiger partial charge in [-0.25, -0.2) is 0 Å². The second-order valence-corrected chi connectivity index (χ2v) is 5.12. The van der Waals surface area contributed by atoms with E-state index in [0.29, 0.717) is 6.54 Å². The van der Waals surface area contributed by atoms with Gasteiger partial charge in [-0.15, -0.1) is 0 Å². The molecule has 0 spiro atoms. The number of benzene rings is 1. The summed E-state index contributed by atoms with van der Waals surface area (Å²) in [4.78, 5) is 12.0. The van der Waals surface area contributed by atoms with Gasteiger partial charge in [-0.1, -0.05) is 29.8 Å². The zero-order chi connectivity index (χ0) is 14.0. The first-order chi connectivity index (χ1) is 8.99. The van der Waals surface area contributed by atoms with Crippen LogP contribution in [0, 0.1) is 20.8 Å². The molecule has 0 bridgehead atoms. The maximum atomic E-state index is 12.0. The molecule has 2 aromatic rings. The quantitative estimate of drug-likeness (QED) is 0.917. The predicted molar refractivity (Wildman–Crippen MR) is 78.3 cm³/mol. The molecular formula is C16H20N2O. The number of pyridine rings is 1. The summed E-state index contributed by atoms with van der Waals surface area (Å²) in [7, 11) is 0. The minimum atomic E-state index is -0.167. The van der Waals surface area contributed by atoms with E-state index >= 15 is 0 Å². The summed E-state index contributed by atoms with van der Waals surface area (Å²) >= 11 is 0. The molecule has 0 radical (unpaired) electrons. The first kappa shape index (κ1) is 13.6. The SMILES string of the molecule is Cc1ccc(C(N)Cn2cccc(C)c2=O)c(C)c1. The van der Waals surface area contributed by atoms with Gasteiger partial charge in [0.2, 0.25) is 0 Å². The van der Waals surface area contributed by atoms with Crippen molar-refractivity contribution < 1.29 is 0 Å². The summed E-state index contributed by atoms with van der Waals surface area (Å²) in [6.07, 6.45) is 1.79. The van der Waals surface area contributed by atoms with Crippen molar-refractivity contribution in [1.82, 2.24) is 4.57 Å². The molecule has 0 amide bonds. The zero-order valence-electron chi connectivity index (χ0n) is 11.7. The molecule has 1 unspecified atom stereocenters. The Balaban J connectivity index is 2.28. The number of nitrogens with two attached hydrogens (primary N) is 1. The lowest BCUT2D eigenvalue weighted by Gasteiger charge is -2.17. The molecule has 1 aromatic carbocycles. The topological polar surface area (TPSA) is 48.0 Å². The van der Waals surface area contributed by atoms with Crippen LogP contribution < -0.4 is 11.3 Å². The molecule has 1 aromatic heterocycles. The van der Waals surface area contributed by atoms with E-state index in [2.05, 4.69) is 32.0 Å². The van der Waals surface area contributed by atoms with Crippen LogP contribution in [0.15, 0.2) is 41.3 Å². The number of aryl methyl sites for hydroxylation is 3. The molecule has 2 rings (SSSR count). The molecule has 0 saturated carbocycles. The fourth-order valence-corrected chi connectivity index (χ4v) is 2.35. The second-order valence-electron chi connectivity index (χ2n) is 5.12. The van der Waals surface area contributed by atoms with Gasteiger partial charge >= 0.3 is 0 Å². The highest BCUT2D eigenvalue weighted by molar-refractivity contribution is 5.32. The standard InChI is InChI=1S/C16H20N2O/c1-11-6-7-14(13(3)9-11)15(17)10-18-8-4-5-12(2)16(18)19/h4-9,15H,10,17H2,1-3H3. The van der Waals surface area contributed by atoms with Gasteiger partial charge in [0.1, 0.15) is 0 Å². The largest absolute Gasteiger partial charge is 0.322 e. The third-order valence-electron chi connectivity index (χ3n) is 3.43. The van der Waals surface area contributed by atoms with E-state index in [9.17, 15) is 4.79 Å². The van der Waals surface area contributed by atoms with E-state index in [0.717, 1.165) is 11.1 Å². The van der Waals surface area contributed by atoms with Crippen molar-refractivity contribution in [2.75, 3.05) is 0 Å². The van der Waals surface area contributed by atoms with Gasteiger partial charge in [0, 0.05) is 24.3 Å².